The standard InChI is InChI=1S/C15H10N4OS/c1-9(20)13-5-6-14(21-13)10-3-2-4-11(7-10)15-12(8-16)17-19-18-15/h2-7H,1H3,(H,17,18,19). The third-order valence-corrected chi connectivity index (χ3v) is 4.26. The zero-order valence-corrected chi connectivity index (χ0v) is 11.9. The first-order valence-electron chi connectivity index (χ1n) is 6.21. The van der Waals surface area contributed by atoms with Crippen LogP contribution in [0.4, 0.5) is 0 Å². The number of hydrogen-bond donors (Lipinski definition) is 1. The smallest absolute Gasteiger partial charge is 0.190 e. The van der Waals surface area contributed by atoms with Crippen LogP contribution in [0.25, 0.3) is 21.7 Å². The van der Waals surface area contributed by atoms with E-state index in [2.05, 4.69) is 15.4 Å². The summed E-state index contributed by atoms with van der Waals surface area (Å²) in [7, 11) is 0. The van der Waals surface area contributed by atoms with Crippen LogP contribution in [-0.2, 0) is 0 Å². The van der Waals surface area contributed by atoms with Gasteiger partial charge in [-0.15, -0.1) is 16.4 Å². The minimum atomic E-state index is 0.0608. The predicted molar refractivity (Wildman–Crippen MR) is 79.9 cm³/mol. The molecule has 1 N–H and O–H groups in total. The Morgan fingerprint density at radius 3 is 2.76 bits per heavy atom. The maximum atomic E-state index is 11.4. The molecule has 0 atom stereocenters. The number of aromatic nitrogens is 3. The number of nitrogens with one attached hydrogen (secondary N) is 1. The van der Waals surface area contributed by atoms with Crippen molar-refractivity contribution in [1.29, 1.82) is 5.26 Å². The SMILES string of the molecule is CC(=O)c1ccc(-c2cccc(-c3n[nH]nc3C#N)c2)s1. The van der Waals surface area contributed by atoms with Gasteiger partial charge in [-0.2, -0.15) is 15.6 Å². The van der Waals surface area contributed by atoms with Crippen molar-refractivity contribution in [3.8, 4) is 27.8 Å². The fourth-order valence-electron chi connectivity index (χ4n) is 2.01. The first-order chi connectivity index (χ1) is 10.2. The van der Waals surface area contributed by atoms with Gasteiger partial charge >= 0.3 is 0 Å². The lowest BCUT2D eigenvalue weighted by atomic mass is 10.1. The molecule has 0 saturated heterocycles. The van der Waals surface area contributed by atoms with Gasteiger partial charge in [0.1, 0.15) is 11.8 Å². The molecule has 5 nitrogen and oxygen atoms in total. The zero-order chi connectivity index (χ0) is 14.8. The van der Waals surface area contributed by atoms with Crippen molar-refractivity contribution >= 4 is 17.1 Å². The molecule has 0 radical (unpaired) electrons. The van der Waals surface area contributed by atoms with Gasteiger partial charge in [0.05, 0.1) is 4.88 Å². The van der Waals surface area contributed by atoms with Crippen molar-refractivity contribution in [2.45, 2.75) is 6.92 Å². The van der Waals surface area contributed by atoms with E-state index in [1.807, 2.05) is 42.5 Å². The summed E-state index contributed by atoms with van der Waals surface area (Å²) in [6.07, 6.45) is 0. The predicted octanol–water partition coefficient (Wildman–Crippen LogP) is 3.27. The van der Waals surface area contributed by atoms with Gasteiger partial charge in [0.15, 0.2) is 11.5 Å². The summed E-state index contributed by atoms with van der Waals surface area (Å²) in [5.41, 5.74) is 2.60. The van der Waals surface area contributed by atoms with Gasteiger partial charge in [0.25, 0.3) is 0 Å². The van der Waals surface area contributed by atoms with Gasteiger partial charge in [0.2, 0.25) is 0 Å². The summed E-state index contributed by atoms with van der Waals surface area (Å²) >= 11 is 1.45. The maximum absolute atomic E-state index is 11.4. The molecule has 0 aliphatic heterocycles. The van der Waals surface area contributed by atoms with E-state index < -0.39 is 0 Å². The molecular weight excluding hydrogens is 284 g/mol. The van der Waals surface area contributed by atoms with Crippen molar-refractivity contribution in [1.82, 2.24) is 15.4 Å². The largest absolute Gasteiger partial charge is 0.294 e. The molecule has 0 aliphatic rings. The van der Waals surface area contributed by atoms with Crippen molar-refractivity contribution in [2.75, 3.05) is 0 Å². The summed E-state index contributed by atoms with van der Waals surface area (Å²) in [4.78, 5) is 13.1. The number of carbonyl (C=O) groups excluding carboxylic acids is 1. The number of aromatic amines is 1. The minimum Gasteiger partial charge on any atom is -0.294 e. The summed E-state index contributed by atoms with van der Waals surface area (Å²) in [5.74, 6) is 0.0608. The quantitative estimate of drug-likeness (QED) is 0.751. The molecule has 3 rings (SSSR count). The average molecular weight is 294 g/mol. The Bertz CT molecular complexity index is 856. The summed E-state index contributed by atoms with van der Waals surface area (Å²) in [5, 5.41) is 19.3. The number of ketones is 1. The minimum absolute atomic E-state index is 0.0608. The third-order valence-electron chi connectivity index (χ3n) is 3.03. The number of thiophene rings is 1. The molecule has 21 heavy (non-hydrogen) atoms. The highest BCUT2D eigenvalue weighted by Crippen LogP contribution is 2.31. The number of nitrogens with zero attached hydrogens (tertiary/aromatic N) is 3. The lowest BCUT2D eigenvalue weighted by Crippen LogP contribution is -1.84. The molecule has 0 unspecified atom stereocenters. The number of carbonyl (C=O) groups is 1. The number of benzene rings is 1. The fourth-order valence-corrected chi connectivity index (χ4v) is 2.91. The van der Waals surface area contributed by atoms with E-state index in [-0.39, 0.29) is 11.5 Å². The van der Waals surface area contributed by atoms with Crippen LogP contribution in [0.15, 0.2) is 36.4 Å². The van der Waals surface area contributed by atoms with Gasteiger partial charge in [-0.3, -0.25) is 4.79 Å². The molecule has 102 valence electrons. The summed E-state index contributed by atoms with van der Waals surface area (Å²) < 4.78 is 0. The zero-order valence-electron chi connectivity index (χ0n) is 11.1. The molecule has 2 aromatic heterocycles. The Morgan fingerprint density at radius 1 is 1.24 bits per heavy atom. The second-order valence-electron chi connectivity index (χ2n) is 4.43. The van der Waals surface area contributed by atoms with E-state index in [9.17, 15) is 4.79 Å². The highest BCUT2D eigenvalue weighted by atomic mass is 32.1. The van der Waals surface area contributed by atoms with Crippen LogP contribution in [0.5, 0.6) is 0 Å². The highest BCUT2D eigenvalue weighted by molar-refractivity contribution is 7.17. The monoisotopic (exact) mass is 294 g/mol. The molecule has 0 aliphatic carbocycles. The molecule has 6 heteroatoms. The van der Waals surface area contributed by atoms with E-state index in [0.717, 1.165) is 20.9 Å². The number of H-pyrrole nitrogens is 1. The van der Waals surface area contributed by atoms with Crippen molar-refractivity contribution in [2.24, 2.45) is 0 Å². The maximum Gasteiger partial charge on any atom is 0.190 e. The van der Waals surface area contributed by atoms with Crippen LogP contribution in [0.1, 0.15) is 22.3 Å². The molecule has 1 aromatic carbocycles. The Hall–Kier alpha value is -2.78. The second kappa shape index (κ2) is 5.31. The Morgan fingerprint density at radius 2 is 2.05 bits per heavy atom. The molecular formula is C15H10N4OS. The summed E-state index contributed by atoms with van der Waals surface area (Å²) in [6, 6.07) is 13.4. The van der Waals surface area contributed by atoms with Crippen LogP contribution in [0, 0.1) is 11.3 Å². The van der Waals surface area contributed by atoms with Crippen molar-refractivity contribution < 1.29 is 4.79 Å². The first kappa shape index (κ1) is 13.2. The molecule has 0 saturated carbocycles. The van der Waals surface area contributed by atoms with Crippen molar-refractivity contribution in [3.05, 3.63) is 47.0 Å². The molecule has 2 heterocycles. The van der Waals surface area contributed by atoms with Gasteiger partial charge in [-0.25, -0.2) is 0 Å². The van der Waals surface area contributed by atoms with Crippen LogP contribution < -0.4 is 0 Å². The van der Waals surface area contributed by atoms with Gasteiger partial charge < -0.3 is 0 Å². The van der Waals surface area contributed by atoms with Gasteiger partial charge in [-0.1, -0.05) is 18.2 Å². The van der Waals surface area contributed by atoms with Crippen LogP contribution in [-0.4, -0.2) is 21.2 Å². The van der Waals surface area contributed by atoms with Crippen LogP contribution >= 0.6 is 11.3 Å². The number of hydrogen-bond acceptors (Lipinski definition) is 5. The Labute approximate surface area is 124 Å². The molecule has 0 fully saturated rings. The molecule has 0 amide bonds. The normalized spacial score (nSPS) is 10.3. The molecule has 0 bridgehead atoms. The van der Waals surface area contributed by atoms with E-state index in [1.54, 1.807) is 6.92 Å². The lowest BCUT2D eigenvalue weighted by molar-refractivity contribution is 0.102. The molecule has 0 spiro atoms. The Kier molecular flexibility index (Phi) is 3.34. The topological polar surface area (TPSA) is 82.4 Å². The number of rotatable bonds is 3. The second-order valence-corrected chi connectivity index (χ2v) is 5.52. The average Bonchev–Trinajstić information content (AvgIpc) is 3.16. The first-order valence-corrected chi connectivity index (χ1v) is 7.03. The van der Waals surface area contributed by atoms with Crippen LogP contribution in [0.2, 0.25) is 0 Å². The lowest BCUT2D eigenvalue weighted by Gasteiger charge is -2.01. The highest BCUT2D eigenvalue weighted by Gasteiger charge is 2.12. The van der Waals surface area contributed by atoms with Gasteiger partial charge in [-0.05, 0) is 30.7 Å². The Balaban J connectivity index is 2.04. The third kappa shape index (κ3) is 2.47. The van der Waals surface area contributed by atoms with E-state index in [0.29, 0.717) is 5.69 Å². The number of Topliss-reactive ketones (excluding diaryl/α,β-unsaturated/α-hetero) is 1. The van der Waals surface area contributed by atoms with E-state index in [1.165, 1.54) is 11.3 Å². The van der Waals surface area contributed by atoms with Crippen LogP contribution in [0.3, 0.4) is 0 Å². The van der Waals surface area contributed by atoms with Gasteiger partial charge in [0, 0.05) is 10.4 Å². The summed E-state index contributed by atoms with van der Waals surface area (Å²) in [6.45, 7) is 1.56. The number of nitriles is 1. The van der Waals surface area contributed by atoms with E-state index >= 15 is 0 Å². The molecule has 3 aromatic rings. The van der Waals surface area contributed by atoms with Crippen molar-refractivity contribution in [3.63, 3.8) is 0 Å². The van der Waals surface area contributed by atoms with E-state index in [4.69, 9.17) is 5.26 Å². The fraction of sp³-hybridized carbons (Fsp3) is 0.0667.